The molecular weight excluding hydrogens is 114 g/mol. The topological polar surface area (TPSA) is 32.3 Å². The van der Waals surface area contributed by atoms with Crippen molar-refractivity contribution in [2.24, 2.45) is 0 Å². The van der Waals surface area contributed by atoms with Gasteiger partial charge in [0.25, 0.3) is 0 Å². The average Bonchev–Trinajstić information content (AvgIpc) is 1.85. The molecule has 0 bridgehead atoms. The van der Waals surface area contributed by atoms with Crippen molar-refractivity contribution >= 4 is 0 Å². The van der Waals surface area contributed by atoms with Crippen LogP contribution in [0.5, 0.6) is 0 Å². The van der Waals surface area contributed by atoms with Crippen molar-refractivity contribution in [2.45, 2.75) is 39.2 Å². The molecule has 0 spiro atoms. The molecule has 56 valence electrons. The predicted molar refractivity (Wildman–Crippen MR) is 39.2 cm³/mol. The van der Waals surface area contributed by atoms with Gasteiger partial charge < -0.3 is 5.11 Å². The summed E-state index contributed by atoms with van der Waals surface area (Å²) in [6.07, 6.45) is 3.64. The van der Waals surface area contributed by atoms with Crippen LogP contribution in [-0.4, -0.2) is 17.9 Å². The summed E-state index contributed by atoms with van der Waals surface area (Å²) in [5.74, 6) is 0. The fraction of sp³-hybridized carbons (Fsp3) is 1.00. The van der Waals surface area contributed by atoms with Crippen molar-refractivity contribution in [3.05, 3.63) is 0 Å². The molecule has 2 N–H and O–H groups in total. The van der Waals surface area contributed by atoms with E-state index in [0.29, 0.717) is 6.04 Å². The molecule has 0 aliphatic rings. The smallest absolute Gasteiger partial charge is 0.0933 e. The van der Waals surface area contributed by atoms with E-state index in [-0.39, 0.29) is 6.73 Å². The maximum Gasteiger partial charge on any atom is 0.0933 e. The average molecular weight is 131 g/mol. The molecule has 0 amide bonds. The Kier molecular flexibility index (Phi) is 5.99. The van der Waals surface area contributed by atoms with Gasteiger partial charge in [0.05, 0.1) is 6.73 Å². The van der Waals surface area contributed by atoms with Crippen LogP contribution < -0.4 is 5.32 Å². The molecule has 0 rings (SSSR count). The molecule has 0 aliphatic carbocycles. The van der Waals surface area contributed by atoms with Crippen LogP contribution in [-0.2, 0) is 0 Å². The van der Waals surface area contributed by atoms with Crippen LogP contribution in [0.3, 0.4) is 0 Å². The van der Waals surface area contributed by atoms with Gasteiger partial charge in [-0.25, -0.2) is 0 Å². The molecule has 0 saturated carbocycles. The first-order valence-electron chi connectivity index (χ1n) is 3.65. The summed E-state index contributed by atoms with van der Waals surface area (Å²) in [6, 6.07) is 0.468. The molecule has 2 heteroatoms. The number of aliphatic hydroxyl groups excluding tert-OH is 1. The van der Waals surface area contributed by atoms with Crippen LogP contribution in [0.2, 0.25) is 0 Å². The van der Waals surface area contributed by atoms with Crippen molar-refractivity contribution in [3.63, 3.8) is 0 Å². The quantitative estimate of drug-likeness (QED) is 0.548. The molecule has 0 aromatic carbocycles. The molecule has 1 atom stereocenters. The van der Waals surface area contributed by atoms with E-state index in [4.69, 9.17) is 5.11 Å². The first-order chi connectivity index (χ1) is 4.31. The van der Waals surface area contributed by atoms with E-state index in [1.165, 1.54) is 12.8 Å². The summed E-state index contributed by atoms with van der Waals surface area (Å²) in [5.41, 5.74) is 0. The normalized spacial score (nSPS) is 13.7. The van der Waals surface area contributed by atoms with Crippen LogP contribution in [0, 0.1) is 0 Å². The van der Waals surface area contributed by atoms with Crippen LogP contribution >= 0.6 is 0 Å². The van der Waals surface area contributed by atoms with E-state index in [0.717, 1.165) is 6.42 Å². The number of rotatable bonds is 5. The Balaban J connectivity index is 2.95. The van der Waals surface area contributed by atoms with Crippen molar-refractivity contribution in [1.82, 2.24) is 5.32 Å². The lowest BCUT2D eigenvalue weighted by molar-refractivity contribution is 0.240. The van der Waals surface area contributed by atoms with Crippen molar-refractivity contribution in [1.29, 1.82) is 0 Å². The summed E-state index contributed by atoms with van der Waals surface area (Å²) in [7, 11) is 0. The number of nitrogens with one attached hydrogen (secondary N) is 1. The number of hydrogen-bond donors (Lipinski definition) is 2. The zero-order valence-electron chi connectivity index (χ0n) is 6.35. The Morgan fingerprint density at radius 3 is 2.67 bits per heavy atom. The summed E-state index contributed by atoms with van der Waals surface area (Å²) in [4.78, 5) is 0. The number of unbranched alkanes of at least 4 members (excludes halogenated alkanes) is 1. The third kappa shape index (κ3) is 5.80. The second-order valence-corrected chi connectivity index (χ2v) is 2.41. The third-order valence-corrected chi connectivity index (χ3v) is 1.43. The van der Waals surface area contributed by atoms with E-state index in [2.05, 4.69) is 19.2 Å². The summed E-state index contributed by atoms with van der Waals surface area (Å²) < 4.78 is 0. The zero-order valence-corrected chi connectivity index (χ0v) is 6.35. The lowest BCUT2D eigenvalue weighted by Crippen LogP contribution is -2.26. The molecule has 0 aromatic heterocycles. The highest BCUT2D eigenvalue weighted by Gasteiger charge is 1.96. The van der Waals surface area contributed by atoms with Gasteiger partial charge in [0, 0.05) is 6.04 Å². The van der Waals surface area contributed by atoms with Gasteiger partial charge in [0.15, 0.2) is 0 Å². The highest BCUT2D eigenvalue weighted by atomic mass is 16.3. The van der Waals surface area contributed by atoms with E-state index in [9.17, 15) is 0 Å². The molecule has 0 fully saturated rings. The highest BCUT2D eigenvalue weighted by molar-refractivity contribution is 4.55. The van der Waals surface area contributed by atoms with Gasteiger partial charge in [0.1, 0.15) is 0 Å². The van der Waals surface area contributed by atoms with Gasteiger partial charge in [-0.05, 0) is 13.3 Å². The van der Waals surface area contributed by atoms with E-state index < -0.39 is 0 Å². The van der Waals surface area contributed by atoms with Gasteiger partial charge in [-0.2, -0.15) is 0 Å². The Bertz CT molecular complexity index is 56.9. The third-order valence-electron chi connectivity index (χ3n) is 1.43. The Morgan fingerprint density at radius 1 is 1.56 bits per heavy atom. The molecular formula is C7H17NO. The minimum Gasteiger partial charge on any atom is -0.381 e. The van der Waals surface area contributed by atoms with Crippen LogP contribution in [0.4, 0.5) is 0 Å². The van der Waals surface area contributed by atoms with Gasteiger partial charge in [-0.3, -0.25) is 5.32 Å². The summed E-state index contributed by atoms with van der Waals surface area (Å²) >= 11 is 0. The lowest BCUT2D eigenvalue weighted by atomic mass is 10.1. The first kappa shape index (κ1) is 8.92. The van der Waals surface area contributed by atoms with Crippen molar-refractivity contribution < 1.29 is 5.11 Å². The van der Waals surface area contributed by atoms with E-state index in [1.54, 1.807) is 0 Å². The molecule has 0 aromatic rings. The highest BCUT2D eigenvalue weighted by Crippen LogP contribution is 1.97. The molecule has 9 heavy (non-hydrogen) atoms. The van der Waals surface area contributed by atoms with Crippen LogP contribution in [0.1, 0.15) is 33.1 Å². The SMILES string of the molecule is CCCCC(C)NCO. The molecule has 0 aliphatic heterocycles. The summed E-state index contributed by atoms with van der Waals surface area (Å²) in [5, 5.41) is 11.4. The monoisotopic (exact) mass is 131 g/mol. The van der Waals surface area contributed by atoms with Gasteiger partial charge in [-0.1, -0.05) is 19.8 Å². The molecule has 1 unspecified atom stereocenters. The maximum atomic E-state index is 8.42. The molecule has 0 saturated heterocycles. The van der Waals surface area contributed by atoms with Crippen molar-refractivity contribution in [3.8, 4) is 0 Å². The second kappa shape index (κ2) is 6.05. The van der Waals surface area contributed by atoms with E-state index >= 15 is 0 Å². The lowest BCUT2D eigenvalue weighted by Gasteiger charge is -2.09. The minimum atomic E-state index is 0.102. The second-order valence-electron chi connectivity index (χ2n) is 2.41. The zero-order chi connectivity index (χ0) is 7.11. The van der Waals surface area contributed by atoms with Gasteiger partial charge >= 0.3 is 0 Å². The van der Waals surface area contributed by atoms with Crippen molar-refractivity contribution in [2.75, 3.05) is 6.73 Å². The van der Waals surface area contributed by atoms with Gasteiger partial charge in [-0.15, -0.1) is 0 Å². The fourth-order valence-corrected chi connectivity index (χ4v) is 0.768. The van der Waals surface area contributed by atoms with E-state index in [1.807, 2.05) is 0 Å². The van der Waals surface area contributed by atoms with Crippen LogP contribution in [0.15, 0.2) is 0 Å². The number of hydrogen-bond acceptors (Lipinski definition) is 2. The maximum absolute atomic E-state index is 8.42. The Labute approximate surface area is 57.3 Å². The summed E-state index contributed by atoms with van der Waals surface area (Å²) in [6.45, 7) is 4.36. The minimum absolute atomic E-state index is 0.102. The Morgan fingerprint density at radius 2 is 2.22 bits per heavy atom. The Hall–Kier alpha value is -0.0800. The molecule has 0 heterocycles. The predicted octanol–water partition coefficient (Wildman–Crippen LogP) is 1.10. The molecule has 0 radical (unpaired) electrons. The van der Waals surface area contributed by atoms with Gasteiger partial charge in [0.2, 0.25) is 0 Å². The number of aliphatic hydroxyl groups is 1. The molecule has 2 nitrogen and oxygen atoms in total. The van der Waals surface area contributed by atoms with Crippen LogP contribution in [0.25, 0.3) is 0 Å². The standard InChI is InChI=1S/C7H17NO/c1-3-4-5-7(2)8-6-9/h7-9H,3-6H2,1-2H3. The first-order valence-corrected chi connectivity index (χ1v) is 3.65. The fourth-order valence-electron chi connectivity index (χ4n) is 0.768. The largest absolute Gasteiger partial charge is 0.381 e.